The Morgan fingerprint density at radius 2 is 1.00 bits per heavy atom. The first-order valence-electron chi connectivity index (χ1n) is 10.1. The summed E-state index contributed by atoms with van der Waals surface area (Å²) in [5, 5.41) is 0. The van der Waals surface area contributed by atoms with Gasteiger partial charge < -0.3 is 0 Å². The van der Waals surface area contributed by atoms with Gasteiger partial charge >= 0.3 is 0 Å². The van der Waals surface area contributed by atoms with E-state index in [2.05, 4.69) is 27.7 Å². The van der Waals surface area contributed by atoms with Crippen LogP contribution >= 0.6 is 0 Å². The van der Waals surface area contributed by atoms with Crippen LogP contribution in [0.25, 0.3) is 0 Å². The van der Waals surface area contributed by atoms with E-state index >= 15 is 0 Å². The average Bonchev–Trinajstić information content (AvgIpc) is 2.57. The van der Waals surface area contributed by atoms with Crippen LogP contribution in [0.1, 0.15) is 108 Å². The minimum atomic E-state index is 0.955. The zero-order chi connectivity index (χ0) is 16.9. The molecule has 1 aromatic rings. The molecule has 2 nitrogen and oxygen atoms in total. The fraction of sp³-hybridized carbons (Fsp3) is 0.810. The summed E-state index contributed by atoms with van der Waals surface area (Å²) in [4.78, 5) is 9.84. The second-order valence-corrected chi connectivity index (χ2v) is 6.74. The van der Waals surface area contributed by atoms with Crippen molar-refractivity contribution in [2.24, 2.45) is 0 Å². The molecule has 0 saturated carbocycles. The number of unbranched alkanes of at least 4 members (excludes halogenated alkanes) is 6. The van der Waals surface area contributed by atoms with Crippen molar-refractivity contribution in [2.75, 3.05) is 0 Å². The highest BCUT2D eigenvalue weighted by Gasteiger charge is 2.13. The van der Waals surface area contributed by atoms with Crippen molar-refractivity contribution >= 4 is 0 Å². The van der Waals surface area contributed by atoms with E-state index in [0.717, 1.165) is 25.1 Å². The molecule has 0 N–H and O–H groups in total. The summed E-state index contributed by atoms with van der Waals surface area (Å²) < 4.78 is 0. The highest BCUT2D eigenvalue weighted by atomic mass is 14.9. The molecular formula is C21H38N2. The van der Waals surface area contributed by atoms with E-state index in [1.54, 1.807) is 0 Å². The average molecular weight is 319 g/mol. The molecule has 0 fully saturated rings. The van der Waals surface area contributed by atoms with E-state index in [1.165, 1.54) is 81.2 Å². The Balaban J connectivity index is 2.97. The van der Waals surface area contributed by atoms with E-state index in [4.69, 9.17) is 9.97 Å². The summed E-state index contributed by atoms with van der Waals surface area (Å²) in [6, 6.07) is 0. The second kappa shape index (κ2) is 12.5. The van der Waals surface area contributed by atoms with Gasteiger partial charge in [0, 0.05) is 17.8 Å². The summed E-state index contributed by atoms with van der Waals surface area (Å²) >= 11 is 0. The lowest BCUT2D eigenvalue weighted by atomic mass is 9.97. The van der Waals surface area contributed by atoms with Crippen LogP contribution in [0.3, 0.4) is 0 Å². The summed E-state index contributed by atoms with van der Waals surface area (Å²) in [6.07, 6.45) is 16.0. The Morgan fingerprint density at radius 3 is 1.39 bits per heavy atom. The topological polar surface area (TPSA) is 25.8 Å². The van der Waals surface area contributed by atoms with Crippen LogP contribution in [-0.4, -0.2) is 9.97 Å². The van der Waals surface area contributed by atoms with Crippen LogP contribution in [0.4, 0.5) is 0 Å². The van der Waals surface area contributed by atoms with Crippen LogP contribution in [0, 0.1) is 0 Å². The Bertz CT molecular complexity index is 395. The molecule has 0 aliphatic rings. The van der Waals surface area contributed by atoms with Crippen molar-refractivity contribution in [3.05, 3.63) is 22.8 Å². The minimum Gasteiger partial charge on any atom is -0.238 e. The minimum absolute atomic E-state index is 0.955. The first-order valence-corrected chi connectivity index (χ1v) is 10.1. The highest BCUT2D eigenvalue weighted by molar-refractivity contribution is 5.27. The van der Waals surface area contributed by atoms with E-state index < -0.39 is 0 Å². The lowest BCUT2D eigenvalue weighted by Gasteiger charge is -2.15. The molecule has 0 atom stereocenters. The van der Waals surface area contributed by atoms with Crippen molar-refractivity contribution in [3.63, 3.8) is 0 Å². The first kappa shape index (κ1) is 20.1. The van der Waals surface area contributed by atoms with Gasteiger partial charge in [0.25, 0.3) is 0 Å². The third-order valence-corrected chi connectivity index (χ3v) is 4.61. The summed E-state index contributed by atoms with van der Waals surface area (Å²) in [5.74, 6) is 1.06. The van der Waals surface area contributed by atoms with Gasteiger partial charge in [0.05, 0.1) is 0 Å². The molecule has 0 unspecified atom stereocenters. The maximum atomic E-state index is 4.92. The van der Waals surface area contributed by atoms with Crippen LogP contribution in [0.5, 0.6) is 0 Å². The third-order valence-electron chi connectivity index (χ3n) is 4.61. The van der Waals surface area contributed by atoms with Gasteiger partial charge in [-0.15, -0.1) is 0 Å². The van der Waals surface area contributed by atoms with Crippen molar-refractivity contribution in [2.45, 2.75) is 111 Å². The Labute approximate surface area is 144 Å². The van der Waals surface area contributed by atoms with Crippen molar-refractivity contribution in [3.8, 4) is 0 Å². The summed E-state index contributed by atoms with van der Waals surface area (Å²) in [7, 11) is 0. The normalized spacial score (nSPS) is 11.1. The Kier molecular flexibility index (Phi) is 10.9. The Hall–Kier alpha value is -0.920. The second-order valence-electron chi connectivity index (χ2n) is 6.74. The van der Waals surface area contributed by atoms with E-state index in [0.29, 0.717) is 0 Å². The third kappa shape index (κ3) is 7.46. The molecule has 2 heteroatoms. The van der Waals surface area contributed by atoms with Crippen molar-refractivity contribution in [1.29, 1.82) is 0 Å². The number of hydrogen-bond acceptors (Lipinski definition) is 2. The molecule has 0 aromatic carbocycles. The van der Waals surface area contributed by atoms with Crippen LogP contribution in [0.15, 0.2) is 0 Å². The van der Waals surface area contributed by atoms with Gasteiger partial charge in [-0.2, -0.15) is 0 Å². The van der Waals surface area contributed by atoms with Crippen LogP contribution in [-0.2, 0) is 25.7 Å². The maximum Gasteiger partial charge on any atom is 0.128 e. The zero-order valence-corrected chi connectivity index (χ0v) is 16.1. The SMILES string of the molecule is CCCCCc1nc(CC)nc(CCCCC)c1CCCCC. The van der Waals surface area contributed by atoms with Crippen LogP contribution < -0.4 is 0 Å². The highest BCUT2D eigenvalue weighted by Crippen LogP contribution is 2.20. The molecule has 0 aliphatic heterocycles. The quantitative estimate of drug-likeness (QED) is 0.402. The van der Waals surface area contributed by atoms with Gasteiger partial charge in [0.15, 0.2) is 0 Å². The first-order chi connectivity index (χ1) is 11.3. The van der Waals surface area contributed by atoms with E-state index in [-0.39, 0.29) is 0 Å². The molecule has 1 aromatic heterocycles. The van der Waals surface area contributed by atoms with Gasteiger partial charge in [0.2, 0.25) is 0 Å². The van der Waals surface area contributed by atoms with Gasteiger partial charge in [-0.25, -0.2) is 9.97 Å². The van der Waals surface area contributed by atoms with Crippen LogP contribution in [0.2, 0.25) is 0 Å². The number of hydrogen-bond donors (Lipinski definition) is 0. The fourth-order valence-corrected chi connectivity index (χ4v) is 3.14. The molecule has 23 heavy (non-hydrogen) atoms. The number of aromatic nitrogens is 2. The smallest absolute Gasteiger partial charge is 0.128 e. The molecule has 1 rings (SSSR count). The van der Waals surface area contributed by atoms with Crippen molar-refractivity contribution in [1.82, 2.24) is 9.97 Å². The lowest BCUT2D eigenvalue weighted by Crippen LogP contribution is -2.10. The molecule has 0 radical (unpaired) electrons. The monoisotopic (exact) mass is 318 g/mol. The van der Waals surface area contributed by atoms with Gasteiger partial charge in [0.1, 0.15) is 5.82 Å². The molecular weight excluding hydrogens is 280 g/mol. The van der Waals surface area contributed by atoms with Gasteiger partial charge in [-0.3, -0.25) is 0 Å². The number of rotatable bonds is 13. The molecule has 0 aliphatic carbocycles. The van der Waals surface area contributed by atoms with Crippen molar-refractivity contribution < 1.29 is 0 Å². The molecule has 0 spiro atoms. The summed E-state index contributed by atoms with van der Waals surface area (Å²) in [6.45, 7) is 9.00. The number of nitrogens with zero attached hydrogens (tertiary/aromatic N) is 2. The molecule has 0 bridgehead atoms. The van der Waals surface area contributed by atoms with Gasteiger partial charge in [-0.1, -0.05) is 66.2 Å². The van der Waals surface area contributed by atoms with Gasteiger partial charge in [-0.05, 0) is 44.1 Å². The molecule has 0 amide bonds. The molecule has 132 valence electrons. The number of aryl methyl sites for hydroxylation is 3. The summed E-state index contributed by atoms with van der Waals surface area (Å²) in [5.41, 5.74) is 4.24. The maximum absolute atomic E-state index is 4.92. The molecule has 0 saturated heterocycles. The standard InChI is InChI=1S/C21H38N2/c1-5-9-12-15-18-19(16-13-10-6-2)22-21(8-4)23-20(18)17-14-11-7-3/h5-17H2,1-4H3. The van der Waals surface area contributed by atoms with E-state index in [9.17, 15) is 0 Å². The zero-order valence-electron chi connectivity index (χ0n) is 16.1. The van der Waals surface area contributed by atoms with E-state index in [1.807, 2.05) is 0 Å². The fourth-order valence-electron chi connectivity index (χ4n) is 3.14. The largest absolute Gasteiger partial charge is 0.238 e. The Morgan fingerprint density at radius 1 is 0.565 bits per heavy atom. The predicted molar refractivity (Wildman–Crippen MR) is 101 cm³/mol. The molecule has 1 heterocycles. The predicted octanol–water partition coefficient (Wildman–Crippen LogP) is 6.24. The lowest BCUT2D eigenvalue weighted by molar-refractivity contribution is 0.649.